The normalized spacial score (nSPS) is 10.9. The first kappa shape index (κ1) is 54.8. The Kier molecular flexibility index (Phi) is 38.7. The first-order valence-corrected chi connectivity index (χ1v) is 20.0. The summed E-state index contributed by atoms with van der Waals surface area (Å²) >= 11 is 0. The molecule has 0 saturated carbocycles. The van der Waals surface area contributed by atoms with E-state index in [9.17, 15) is 20.4 Å². The molecular formula is C40H68N4O16. The second kappa shape index (κ2) is 42.4. The number of nitrogens with zero attached hydrogens (tertiary/aromatic N) is 3. The third-order valence-electron chi connectivity index (χ3n) is 7.41. The van der Waals surface area contributed by atoms with Crippen LogP contribution in [-0.4, -0.2) is 179 Å². The van der Waals surface area contributed by atoms with Crippen molar-refractivity contribution in [2.75, 3.05) is 158 Å². The zero-order chi connectivity index (χ0) is 43.4. The summed E-state index contributed by atoms with van der Waals surface area (Å²) < 4.78 is 64.7. The highest BCUT2D eigenvalue weighted by Gasteiger charge is 2.03. The number of aliphatic hydroxyl groups excluding tert-OH is 4. The summed E-state index contributed by atoms with van der Waals surface area (Å²) in [6.45, 7) is 10.7. The Hall–Kier alpha value is -3.25. The number of rotatable bonds is 41. The lowest BCUT2D eigenvalue weighted by molar-refractivity contribution is -0.0122. The topological polar surface area (TPSA) is 266 Å². The highest BCUT2D eigenvalue weighted by Crippen LogP contribution is 2.18. The van der Waals surface area contributed by atoms with Crippen LogP contribution in [0.1, 0.15) is 22.3 Å². The number of hydrogen-bond donors (Lipinski definition) is 5. The van der Waals surface area contributed by atoms with Gasteiger partial charge >= 0.3 is 0 Å². The van der Waals surface area contributed by atoms with Crippen LogP contribution in [0.4, 0.5) is 0 Å². The van der Waals surface area contributed by atoms with Gasteiger partial charge in [0.1, 0.15) is 24.7 Å². The van der Waals surface area contributed by atoms with Crippen molar-refractivity contribution in [2.24, 2.45) is 10.8 Å². The maximum atomic E-state index is 9.21. The number of aliphatic hydroxyl groups is 4. The van der Waals surface area contributed by atoms with Crippen molar-refractivity contribution >= 4 is 0 Å². The molecule has 0 aromatic heterocycles. The van der Waals surface area contributed by atoms with Gasteiger partial charge in [-0.3, -0.25) is 0 Å². The molecule has 344 valence electrons. The van der Waals surface area contributed by atoms with Crippen LogP contribution in [0.2, 0.25) is 0 Å². The molecule has 2 aromatic carbocycles. The second-order valence-electron chi connectivity index (χ2n) is 12.2. The average molecular weight is 861 g/mol. The number of benzene rings is 2. The fraction of sp³-hybridized carbons (Fsp3) is 0.700. The first-order valence-electron chi connectivity index (χ1n) is 20.0. The monoisotopic (exact) mass is 860 g/mol. The smallest absolute Gasteiger partial charge is 0.120 e. The predicted molar refractivity (Wildman–Crippen MR) is 219 cm³/mol. The van der Waals surface area contributed by atoms with E-state index >= 15 is 0 Å². The number of ether oxygens (including phenoxy) is 12. The SMILES string of the molecule is NCCOCCOCCOCCOCCOCCOc1cc(CO)cc(CO)c1.[N-]=[N+]=NCCOCCOCCOCCOCCOCCOc1cc(CO)cc(CO)c1. The summed E-state index contributed by atoms with van der Waals surface area (Å²) in [5.41, 5.74) is 16.2. The van der Waals surface area contributed by atoms with Gasteiger partial charge in [0.05, 0.1) is 159 Å². The van der Waals surface area contributed by atoms with Crippen molar-refractivity contribution in [3.8, 4) is 11.5 Å². The van der Waals surface area contributed by atoms with E-state index in [1.807, 2.05) is 0 Å². The molecule has 0 atom stereocenters. The Labute approximate surface area is 353 Å². The molecule has 20 nitrogen and oxygen atoms in total. The molecule has 2 rings (SSSR count). The molecule has 0 aliphatic heterocycles. The molecule has 0 bridgehead atoms. The molecule has 20 heteroatoms. The molecule has 2 aromatic rings. The summed E-state index contributed by atoms with van der Waals surface area (Å²) in [4.78, 5) is 2.63. The Morgan fingerprint density at radius 1 is 0.383 bits per heavy atom. The van der Waals surface area contributed by atoms with Crippen molar-refractivity contribution in [2.45, 2.75) is 26.4 Å². The van der Waals surface area contributed by atoms with Crippen molar-refractivity contribution in [1.29, 1.82) is 0 Å². The van der Waals surface area contributed by atoms with Gasteiger partial charge in [0.15, 0.2) is 0 Å². The summed E-state index contributed by atoms with van der Waals surface area (Å²) in [6, 6.07) is 10.4. The molecule has 0 amide bonds. The van der Waals surface area contributed by atoms with Crippen LogP contribution in [0.15, 0.2) is 41.5 Å². The minimum Gasteiger partial charge on any atom is -0.491 e. The molecule has 6 N–H and O–H groups in total. The molecule has 0 radical (unpaired) electrons. The van der Waals surface area contributed by atoms with E-state index in [2.05, 4.69) is 10.0 Å². The van der Waals surface area contributed by atoms with Gasteiger partial charge in [0, 0.05) is 18.0 Å². The fourth-order valence-electron chi connectivity index (χ4n) is 4.62. The average Bonchev–Trinajstić information content (AvgIpc) is 3.28. The van der Waals surface area contributed by atoms with Gasteiger partial charge in [0.2, 0.25) is 0 Å². The number of nitrogens with two attached hydrogens (primary N) is 1. The van der Waals surface area contributed by atoms with Crippen molar-refractivity contribution < 1.29 is 77.3 Å². The van der Waals surface area contributed by atoms with Gasteiger partial charge in [-0.25, -0.2) is 0 Å². The zero-order valence-corrected chi connectivity index (χ0v) is 34.9. The van der Waals surface area contributed by atoms with Crippen LogP contribution in [0.5, 0.6) is 11.5 Å². The molecule has 0 fully saturated rings. The van der Waals surface area contributed by atoms with Gasteiger partial charge in [-0.05, 0) is 52.1 Å². The lowest BCUT2D eigenvalue weighted by atomic mass is 10.1. The van der Waals surface area contributed by atoms with E-state index in [0.717, 1.165) is 0 Å². The van der Waals surface area contributed by atoms with E-state index in [4.69, 9.17) is 68.1 Å². The van der Waals surface area contributed by atoms with Crippen molar-refractivity contribution in [3.05, 3.63) is 69.1 Å². The minimum absolute atomic E-state index is 0.0982. The van der Waals surface area contributed by atoms with Crippen LogP contribution in [0.25, 0.3) is 10.4 Å². The second-order valence-corrected chi connectivity index (χ2v) is 12.2. The summed E-state index contributed by atoms with van der Waals surface area (Å²) in [6.07, 6.45) is 0. The van der Waals surface area contributed by atoms with E-state index in [0.29, 0.717) is 192 Å². The highest BCUT2D eigenvalue weighted by molar-refractivity contribution is 5.34. The van der Waals surface area contributed by atoms with Crippen LogP contribution in [0.3, 0.4) is 0 Å². The zero-order valence-electron chi connectivity index (χ0n) is 34.9. The molecule has 0 aliphatic carbocycles. The largest absolute Gasteiger partial charge is 0.491 e. The minimum atomic E-state index is -0.106. The molecule has 60 heavy (non-hydrogen) atoms. The van der Waals surface area contributed by atoms with Gasteiger partial charge in [0.25, 0.3) is 0 Å². The van der Waals surface area contributed by atoms with E-state index in [-0.39, 0.29) is 26.4 Å². The molecule has 0 aliphatic rings. The molecule has 0 unspecified atom stereocenters. The predicted octanol–water partition coefficient (Wildman–Crippen LogP) is 1.54. The highest BCUT2D eigenvalue weighted by atomic mass is 16.6. The van der Waals surface area contributed by atoms with E-state index < -0.39 is 0 Å². The Morgan fingerprint density at radius 3 is 0.883 bits per heavy atom. The van der Waals surface area contributed by atoms with Crippen LogP contribution in [-0.2, 0) is 73.8 Å². The first-order chi connectivity index (χ1) is 29.6. The van der Waals surface area contributed by atoms with Gasteiger partial charge in [-0.2, -0.15) is 0 Å². The molecule has 0 spiro atoms. The van der Waals surface area contributed by atoms with E-state index in [1.54, 1.807) is 36.4 Å². The van der Waals surface area contributed by atoms with Crippen molar-refractivity contribution in [1.82, 2.24) is 0 Å². The maximum absolute atomic E-state index is 9.21. The van der Waals surface area contributed by atoms with Crippen LogP contribution >= 0.6 is 0 Å². The molecule has 0 saturated heterocycles. The number of hydrogen-bond acceptors (Lipinski definition) is 18. The van der Waals surface area contributed by atoms with Crippen molar-refractivity contribution in [3.63, 3.8) is 0 Å². The quantitative estimate of drug-likeness (QED) is 0.0275. The Morgan fingerprint density at radius 2 is 0.633 bits per heavy atom. The summed E-state index contributed by atoms with van der Waals surface area (Å²) in [5, 5.41) is 40.2. The lowest BCUT2D eigenvalue weighted by Crippen LogP contribution is -2.15. The van der Waals surface area contributed by atoms with E-state index in [1.165, 1.54) is 0 Å². The van der Waals surface area contributed by atoms with Crippen LogP contribution < -0.4 is 15.2 Å². The molecular weight excluding hydrogens is 792 g/mol. The number of azide groups is 1. The van der Waals surface area contributed by atoms with Gasteiger partial charge in [-0.15, -0.1) is 0 Å². The third kappa shape index (κ3) is 33.5. The van der Waals surface area contributed by atoms with Crippen LogP contribution in [0, 0.1) is 0 Å². The lowest BCUT2D eigenvalue weighted by Gasteiger charge is -2.10. The summed E-state index contributed by atoms with van der Waals surface area (Å²) in [7, 11) is 0. The fourth-order valence-corrected chi connectivity index (χ4v) is 4.62. The Bertz CT molecular complexity index is 1270. The third-order valence-corrected chi connectivity index (χ3v) is 7.41. The summed E-state index contributed by atoms with van der Waals surface area (Å²) in [5.74, 6) is 1.19. The van der Waals surface area contributed by atoms with Gasteiger partial charge < -0.3 is 83.0 Å². The Balaban J connectivity index is 0.000000601. The standard InChI is InChI=1S/C20H33N3O8.C20H35NO8/c21-23-22-1-2-26-3-4-27-5-6-28-7-8-29-9-10-30-11-12-31-20-14-18(16-24)13-19(15-20)17-25;21-1-2-24-3-4-25-5-6-26-7-8-27-9-10-28-11-12-29-20-14-18(16-22)13-19(15-20)17-23/h13-15,24-25H,1-12,16-17H2;13-15,22-23H,1-12,16-17,21H2. The van der Waals surface area contributed by atoms with Gasteiger partial charge in [-0.1, -0.05) is 17.2 Å². The molecule has 0 heterocycles. The maximum Gasteiger partial charge on any atom is 0.120 e.